The maximum Gasteiger partial charge on any atom is 0.131 e. The molecule has 42 heavy (non-hydrogen) atoms. The summed E-state index contributed by atoms with van der Waals surface area (Å²) in [4.78, 5) is 12.9. The summed E-state index contributed by atoms with van der Waals surface area (Å²) in [6.45, 7) is 0.276. The minimum absolute atomic E-state index is 0.0987. The SMILES string of the molecule is [N-]=[N+]=NCC1=CC=CC(c2ccc(C3NC(c4ccccc4)=NC(c4cc5ccccc5c5ccccc45)N3)cn2)N1. The number of nitrogens with zero attached hydrogens (tertiary/aromatic N) is 5. The van der Waals surface area contributed by atoms with Crippen molar-refractivity contribution in [3.8, 4) is 0 Å². The van der Waals surface area contributed by atoms with E-state index in [1.54, 1.807) is 0 Å². The van der Waals surface area contributed by atoms with Gasteiger partial charge in [-0.2, -0.15) is 0 Å². The zero-order chi connectivity index (χ0) is 28.3. The summed E-state index contributed by atoms with van der Waals surface area (Å²) in [7, 11) is 0. The molecular formula is C34H28N8. The Morgan fingerprint density at radius 3 is 2.43 bits per heavy atom. The highest BCUT2D eigenvalue weighted by Gasteiger charge is 2.27. The van der Waals surface area contributed by atoms with E-state index in [0.717, 1.165) is 33.9 Å². The van der Waals surface area contributed by atoms with Gasteiger partial charge in [-0.25, -0.2) is 4.99 Å². The average molecular weight is 549 g/mol. The summed E-state index contributed by atoms with van der Waals surface area (Å²) < 4.78 is 0. The normalized spacial score (nSPS) is 19.8. The lowest BCUT2D eigenvalue weighted by atomic mass is 9.95. The zero-order valence-corrected chi connectivity index (χ0v) is 22.7. The van der Waals surface area contributed by atoms with Crippen LogP contribution >= 0.6 is 0 Å². The quantitative estimate of drug-likeness (QED) is 0.0908. The van der Waals surface area contributed by atoms with Gasteiger partial charge in [-0.15, -0.1) is 0 Å². The number of aliphatic imine (C=N–C) groups is 1. The molecule has 8 nitrogen and oxygen atoms in total. The maximum absolute atomic E-state index is 8.67. The molecule has 3 atom stereocenters. The van der Waals surface area contributed by atoms with Gasteiger partial charge >= 0.3 is 0 Å². The van der Waals surface area contributed by atoms with Crippen LogP contribution in [-0.4, -0.2) is 17.4 Å². The molecule has 0 radical (unpaired) electrons. The molecule has 3 heterocycles. The van der Waals surface area contributed by atoms with Crippen LogP contribution in [0, 0.1) is 0 Å². The molecule has 3 unspecified atom stereocenters. The highest BCUT2D eigenvalue weighted by Crippen LogP contribution is 2.35. The van der Waals surface area contributed by atoms with Crippen molar-refractivity contribution in [2.45, 2.75) is 18.4 Å². The Kier molecular flexibility index (Phi) is 6.82. The number of rotatable bonds is 6. The third-order valence-corrected chi connectivity index (χ3v) is 7.71. The third-order valence-electron chi connectivity index (χ3n) is 7.71. The van der Waals surface area contributed by atoms with E-state index in [0.29, 0.717) is 0 Å². The van der Waals surface area contributed by atoms with E-state index in [-0.39, 0.29) is 24.9 Å². The molecule has 0 saturated heterocycles. The molecule has 3 N–H and O–H groups in total. The van der Waals surface area contributed by atoms with Crippen molar-refractivity contribution in [2.24, 2.45) is 10.1 Å². The highest BCUT2D eigenvalue weighted by molar-refractivity contribution is 6.09. The fourth-order valence-corrected chi connectivity index (χ4v) is 5.67. The zero-order valence-electron chi connectivity index (χ0n) is 22.7. The number of aromatic nitrogens is 1. The minimum atomic E-state index is -0.281. The van der Waals surface area contributed by atoms with Crippen molar-refractivity contribution in [1.29, 1.82) is 0 Å². The Morgan fingerprint density at radius 2 is 1.62 bits per heavy atom. The van der Waals surface area contributed by atoms with Crippen LogP contribution in [0.2, 0.25) is 0 Å². The molecule has 4 aromatic carbocycles. The molecule has 7 rings (SSSR count). The van der Waals surface area contributed by atoms with Gasteiger partial charge in [0.15, 0.2) is 0 Å². The molecule has 5 aromatic rings. The summed E-state index contributed by atoms with van der Waals surface area (Å²) in [5, 5.41) is 19.2. The summed E-state index contributed by atoms with van der Waals surface area (Å²) in [5.41, 5.74) is 13.6. The first-order chi connectivity index (χ1) is 20.8. The van der Waals surface area contributed by atoms with Crippen molar-refractivity contribution in [3.63, 3.8) is 0 Å². The number of hydrogen-bond acceptors (Lipinski definition) is 6. The highest BCUT2D eigenvalue weighted by atomic mass is 15.3. The van der Waals surface area contributed by atoms with Gasteiger partial charge in [0, 0.05) is 27.9 Å². The third kappa shape index (κ3) is 4.97. The smallest absolute Gasteiger partial charge is 0.131 e. The average Bonchev–Trinajstić information content (AvgIpc) is 3.07. The number of allylic oxidation sites excluding steroid dienone is 2. The van der Waals surface area contributed by atoms with E-state index >= 15 is 0 Å². The van der Waals surface area contributed by atoms with Gasteiger partial charge < -0.3 is 10.6 Å². The monoisotopic (exact) mass is 548 g/mol. The van der Waals surface area contributed by atoms with Crippen molar-refractivity contribution < 1.29 is 0 Å². The molecule has 0 aliphatic carbocycles. The van der Waals surface area contributed by atoms with E-state index in [1.165, 1.54) is 21.5 Å². The van der Waals surface area contributed by atoms with Crippen molar-refractivity contribution in [2.75, 3.05) is 6.54 Å². The number of dihydropyridines is 1. The number of fused-ring (bicyclic) bond motifs is 3. The van der Waals surface area contributed by atoms with Gasteiger partial charge in [-0.3, -0.25) is 10.3 Å². The fraction of sp³-hybridized carbons (Fsp3) is 0.118. The Bertz CT molecular complexity index is 1900. The van der Waals surface area contributed by atoms with E-state index in [1.807, 2.05) is 48.7 Å². The van der Waals surface area contributed by atoms with Gasteiger partial charge in [0.2, 0.25) is 0 Å². The van der Waals surface area contributed by atoms with E-state index in [2.05, 4.69) is 98.8 Å². The van der Waals surface area contributed by atoms with Crippen LogP contribution in [-0.2, 0) is 0 Å². The first kappa shape index (κ1) is 25.5. The maximum atomic E-state index is 8.67. The van der Waals surface area contributed by atoms with Gasteiger partial charge in [0.25, 0.3) is 0 Å². The lowest BCUT2D eigenvalue weighted by molar-refractivity contribution is 0.409. The van der Waals surface area contributed by atoms with Crippen LogP contribution in [0.5, 0.6) is 0 Å². The first-order valence-corrected chi connectivity index (χ1v) is 13.9. The number of benzene rings is 4. The van der Waals surface area contributed by atoms with Crippen LogP contribution in [0.3, 0.4) is 0 Å². The molecule has 2 aliphatic heterocycles. The Hall–Kier alpha value is -5.43. The molecule has 8 heteroatoms. The number of amidine groups is 1. The van der Waals surface area contributed by atoms with E-state index in [9.17, 15) is 0 Å². The Labute approximate surface area is 243 Å². The lowest BCUT2D eigenvalue weighted by Gasteiger charge is -2.33. The number of nitrogens with one attached hydrogen (secondary N) is 3. The number of hydrogen-bond donors (Lipinski definition) is 3. The Balaban J connectivity index is 1.24. The lowest BCUT2D eigenvalue weighted by Crippen LogP contribution is -2.45. The van der Waals surface area contributed by atoms with E-state index in [4.69, 9.17) is 15.5 Å². The predicted molar refractivity (Wildman–Crippen MR) is 168 cm³/mol. The van der Waals surface area contributed by atoms with Gasteiger partial charge in [0.1, 0.15) is 18.2 Å². The molecule has 1 aromatic heterocycles. The second-order valence-corrected chi connectivity index (χ2v) is 10.3. The summed E-state index contributed by atoms with van der Waals surface area (Å²) >= 11 is 0. The molecule has 2 aliphatic rings. The molecule has 204 valence electrons. The number of azide groups is 1. The molecule has 0 fully saturated rings. The summed E-state index contributed by atoms with van der Waals surface area (Å²) in [6.07, 6.45) is 7.33. The fourth-order valence-electron chi connectivity index (χ4n) is 5.67. The Morgan fingerprint density at radius 1 is 0.833 bits per heavy atom. The standard InChI is InChI=1S/C34H28N8/c35-42-37-21-25-12-8-16-31(38-25)30-18-17-24(20-36-30)33-39-32(22-9-2-1-3-10-22)40-34(41-33)29-19-23-11-4-5-13-26(23)27-14-6-7-15-28(27)29/h1-20,31,33-34,38,41H,21H2,(H,39,40). The second kappa shape index (κ2) is 11.2. The molecule has 0 bridgehead atoms. The molecule has 0 spiro atoms. The van der Waals surface area contributed by atoms with Crippen molar-refractivity contribution >= 4 is 27.4 Å². The minimum Gasteiger partial charge on any atom is -0.377 e. The van der Waals surface area contributed by atoms with Gasteiger partial charge in [-0.05, 0) is 50.8 Å². The van der Waals surface area contributed by atoms with Crippen molar-refractivity contribution in [1.82, 2.24) is 20.9 Å². The second-order valence-electron chi connectivity index (χ2n) is 10.3. The summed E-state index contributed by atoms with van der Waals surface area (Å²) in [5.74, 6) is 0.829. The first-order valence-electron chi connectivity index (χ1n) is 13.9. The topological polar surface area (TPSA) is 110 Å². The van der Waals surface area contributed by atoms with Crippen LogP contribution in [0.4, 0.5) is 0 Å². The van der Waals surface area contributed by atoms with Gasteiger partial charge in [0.05, 0.1) is 18.3 Å². The predicted octanol–water partition coefficient (Wildman–Crippen LogP) is 7.12. The molecule has 0 amide bonds. The van der Waals surface area contributed by atoms with E-state index < -0.39 is 0 Å². The van der Waals surface area contributed by atoms with Crippen LogP contribution in [0.1, 0.15) is 40.8 Å². The van der Waals surface area contributed by atoms with Crippen LogP contribution in [0.25, 0.3) is 32.0 Å². The van der Waals surface area contributed by atoms with Gasteiger partial charge in [-0.1, -0.05) is 102 Å². The van der Waals surface area contributed by atoms with Crippen molar-refractivity contribution in [3.05, 3.63) is 160 Å². The number of pyridine rings is 1. The summed E-state index contributed by atoms with van der Waals surface area (Å²) in [6, 6.07) is 33.6. The largest absolute Gasteiger partial charge is 0.377 e. The molecular weight excluding hydrogens is 520 g/mol. The van der Waals surface area contributed by atoms with Crippen LogP contribution in [0.15, 0.2) is 137 Å². The van der Waals surface area contributed by atoms with Crippen LogP contribution < -0.4 is 16.0 Å². The molecule has 0 saturated carbocycles.